The van der Waals surface area contributed by atoms with Crippen LogP contribution in [0, 0.1) is 18.3 Å². The highest BCUT2D eigenvalue weighted by Crippen LogP contribution is 2.43. The molecule has 0 aliphatic carbocycles. The lowest BCUT2D eigenvalue weighted by Gasteiger charge is -2.42. The van der Waals surface area contributed by atoms with Crippen molar-refractivity contribution >= 4 is 23.4 Å². The van der Waals surface area contributed by atoms with Crippen LogP contribution < -0.4 is 9.64 Å². The number of carbonyl (C=O) groups excluding carboxylic acids is 1. The predicted molar refractivity (Wildman–Crippen MR) is 111 cm³/mol. The number of allylic oxidation sites excluding steroid dienone is 1. The number of anilines is 1. The van der Waals surface area contributed by atoms with Gasteiger partial charge in [-0.15, -0.1) is 0 Å². The fourth-order valence-electron chi connectivity index (χ4n) is 3.69. The summed E-state index contributed by atoms with van der Waals surface area (Å²) in [7, 11) is 1.62. The van der Waals surface area contributed by atoms with Crippen molar-refractivity contribution in [2.24, 2.45) is 0 Å². The minimum Gasteiger partial charge on any atom is -0.497 e. The average molecular weight is 391 g/mol. The number of hydrogen-bond acceptors (Lipinski definition) is 5. The van der Waals surface area contributed by atoms with Gasteiger partial charge in [-0.1, -0.05) is 36.0 Å². The Morgan fingerprint density at radius 3 is 2.79 bits per heavy atom. The van der Waals surface area contributed by atoms with Gasteiger partial charge in [0, 0.05) is 18.0 Å². The fourth-order valence-corrected chi connectivity index (χ4v) is 4.86. The summed E-state index contributed by atoms with van der Waals surface area (Å²) in [6.45, 7) is 2.53. The van der Waals surface area contributed by atoms with Gasteiger partial charge in [-0.05, 0) is 42.3 Å². The van der Waals surface area contributed by atoms with Crippen LogP contribution in [0.2, 0.25) is 0 Å². The van der Waals surface area contributed by atoms with Crippen LogP contribution in [0.1, 0.15) is 23.5 Å². The zero-order valence-electron chi connectivity index (χ0n) is 15.9. The van der Waals surface area contributed by atoms with E-state index in [1.807, 2.05) is 30.3 Å². The van der Waals surface area contributed by atoms with E-state index in [2.05, 4.69) is 36.1 Å². The molecular weight excluding hydrogens is 370 g/mol. The number of carbonyl (C=O) groups is 1. The van der Waals surface area contributed by atoms with Gasteiger partial charge in [-0.2, -0.15) is 5.26 Å². The molecular formula is C22H21N3O2S. The van der Waals surface area contributed by atoms with Crippen LogP contribution in [0.5, 0.6) is 5.75 Å². The van der Waals surface area contributed by atoms with Crippen molar-refractivity contribution in [1.29, 1.82) is 5.26 Å². The Morgan fingerprint density at radius 1 is 1.21 bits per heavy atom. The molecule has 0 spiro atoms. The summed E-state index contributed by atoms with van der Waals surface area (Å²) in [5, 5.41) is 10.7. The molecule has 142 valence electrons. The maximum absolute atomic E-state index is 13.0. The Morgan fingerprint density at radius 2 is 2.04 bits per heavy atom. The lowest BCUT2D eigenvalue weighted by atomic mass is 9.86. The minimum absolute atomic E-state index is 0.0478. The fraction of sp³-hybridized carbons (Fsp3) is 0.273. The molecule has 1 amide bonds. The molecule has 1 saturated heterocycles. The highest BCUT2D eigenvalue weighted by Gasteiger charge is 2.38. The number of fused-ring (bicyclic) bond motifs is 1. The van der Waals surface area contributed by atoms with Crippen molar-refractivity contribution in [3.63, 3.8) is 0 Å². The zero-order valence-corrected chi connectivity index (χ0v) is 16.7. The van der Waals surface area contributed by atoms with Crippen molar-refractivity contribution in [3.05, 3.63) is 70.3 Å². The van der Waals surface area contributed by atoms with Crippen LogP contribution in [0.4, 0.5) is 5.69 Å². The molecule has 4 rings (SSSR count). The van der Waals surface area contributed by atoms with Gasteiger partial charge in [0.1, 0.15) is 5.75 Å². The summed E-state index contributed by atoms with van der Waals surface area (Å²) in [5.41, 5.74) is 3.89. The number of methoxy groups -OCH3 is 1. The van der Waals surface area contributed by atoms with E-state index in [1.54, 1.807) is 23.8 Å². The Bertz CT molecular complexity index is 995. The number of amides is 1. The summed E-state index contributed by atoms with van der Waals surface area (Å²) in [6, 6.07) is 18.3. The molecule has 0 N–H and O–H groups in total. The number of nitriles is 1. The zero-order chi connectivity index (χ0) is 19.7. The summed E-state index contributed by atoms with van der Waals surface area (Å²) < 4.78 is 5.31. The molecule has 2 heterocycles. The van der Waals surface area contributed by atoms with Crippen molar-refractivity contribution in [1.82, 2.24) is 4.90 Å². The first-order valence-electron chi connectivity index (χ1n) is 9.13. The molecule has 2 aliphatic rings. The highest BCUT2D eigenvalue weighted by molar-refractivity contribution is 8.03. The van der Waals surface area contributed by atoms with Gasteiger partial charge in [0.15, 0.2) is 0 Å². The van der Waals surface area contributed by atoms with Crippen LogP contribution in [0.25, 0.3) is 0 Å². The predicted octanol–water partition coefficient (Wildman–Crippen LogP) is 4.22. The molecule has 2 aromatic carbocycles. The smallest absolute Gasteiger partial charge is 0.229 e. The Labute approximate surface area is 169 Å². The molecule has 28 heavy (non-hydrogen) atoms. The molecule has 0 unspecified atom stereocenters. The summed E-state index contributed by atoms with van der Waals surface area (Å²) in [5.74, 6) is 1.26. The molecule has 0 saturated carbocycles. The normalized spacial score (nSPS) is 19.3. The summed E-state index contributed by atoms with van der Waals surface area (Å²) in [4.78, 5) is 16.9. The Hall–Kier alpha value is -2.91. The second-order valence-electron chi connectivity index (χ2n) is 6.98. The first kappa shape index (κ1) is 18.5. The SMILES string of the molecule is COc1cccc([C@H]2CC(=O)N3CN(c4cccc(C)c4)CSC3=C2C#N)c1. The van der Waals surface area contributed by atoms with Gasteiger partial charge in [0.05, 0.1) is 36.3 Å². The van der Waals surface area contributed by atoms with Crippen molar-refractivity contribution in [2.45, 2.75) is 19.3 Å². The van der Waals surface area contributed by atoms with Gasteiger partial charge < -0.3 is 9.64 Å². The quantitative estimate of drug-likeness (QED) is 0.784. The van der Waals surface area contributed by atoms with E-state index in [9.17, 15) is 10.1 Å². The second-order valence-corrected chi connectivity index (χ2v) is 7.91. The third-order valence-electron chi connectivity index (χ3n) is 5.16. The maximum Gasteiger partial charge on any atom is 0.229 e. The molecule has 1 fully saturated rings. The number of nitrogens with zero attached hydrogens (tertiary/aromatic N) is 3. The molecule has 0 aromatic heterocycles. The largest absolute Gasteiger partial charge is 0.497 e. The lowest BCUT2D eigenvalue weighted by molar-refractivity contribution is -0.129. The Balaban J connectivity index is 1.67. The van der Waals surface area contributed by atoms with Crippen molar-refractivity contribution in [2.75, 3.05) is 24.6 Å². The van der Waals surface area contributed by atoms with Crippen LogP contribution in [-0.2, 0) is 4.79 Å². The van der Waals surface area contributed by atoms with Gasteiger partial charge >= 0.3 is 0 Å². The highest BCUT2D eigenvalue weighted by atomic mass is 32.2. The monoisotopic (exact) mass is 391 g/mol. The number of hydrogen-bond donors (Lipinski definition) is 0. The summed E-state index contributed by atoms with van der Waals surface area (Å²) >= 11 is 1.56. The molecule has 2 aromatic rings. The molecule has 5 nitrogen and oxygen atoms in total. The topological polar surface area (TPSA) is 56.6 Å². The van der Waals surface area contributed by atoms with Gasteiger partial charge in [0.2, 0.25) is 5.91 Å². The van der Waals surface area contributed by atoms with E-state index in [1.165, 1.54) is 5.56 Å². The van der Waals surface area contributed by atoms with Gasteiger partial charge in [0.25, 0.3) is 0 Å². The standard InChI is InChI=1S/C22H21N3O2S/c1-15-5-3-7-17(9-15)24-13-25-21(26)11-19(20(12-23)22(25)28-14-24)16-6-4-8-18(10-16)27-2/h3-10,19H,11,13-14H2,1-2H3/t19-/m1/s1. The molecule has 0 bridgehead atoms. The minimum atomic E-state index is -0.225. The summed E-state index contributed by atoms with van der Waals surface area (Å²) in [6.07, 6.45) is 0.293. The van der Waals surface area contributed by atoms with Gasteiger partial charge in [-0.25, -0.2) is 0 Å². The first-order chi connectivity index (χ1) is 13.6. The number of rotatable bonds is 3. The van der Waals surface area contributed by atoms with E-state index < -0.39 is 0 Å². The maximum atomic E-state index is 13.0. The van der Waals surface area contributed by atoms with Crippen molar-refractivity contribution < 1.29 is 9.53 Å². The molecule has 1 atom stereocenters. The third kappa shape index (κ3) is 3.34. The van der Waals surface area contributed by atoms with E-state index in [-0.39, 0.29) is 11.8 Å². The van der Waals surface area contributed by atoms with Gasteiger partial charge in [-0.3, -0.25) is 9.69 Å². The molecule has 2 aliphatic heterocycles. The van der Waals surface area contributed by atoms with E-state index >= 15 is 0 Å². The average Bonchev–Trinajstić information content (AvgIpc) is 2.73. The number of aryl methyl sites for hydroxylation is 1. The van der Waals surface area contributed by atoms with E-state index in [0.29, 0.717) is 24.5 Å². The lowest BCUT2D eigenvalue weighted by Crippen LogP contribution is -2.47. The first-order valence-corrected chi connectivity index (χ1v) is 10.1. The van der Waals surface area contributed by atoms with Crippen molar-refractivity contribution in [3.8, 4) is 11.8 Å². The van der Waals surface area contributed by atoms with Crippen LogP contribution >= 0.6 is 11.8 Å². The third-order valence-corrected chi connectivity index (χ3v) is 6.31. The van der Waals surface area contributed by atoms with Crippen LogP contribution in [0.3, 0.4) is 0 Å². The van der Waals surface area contributed by atoms with Crippen LogP contribution in [-0.4, -0.2) is 30.5 Å². The number of ether oxygens (including phenoxy) is 1. The number of benzene rings is 2. The second kappa shape index (κ2) is 7.61. The Kier molecular flexibility index (Phi) is 5.01. The number of thioether (sulfide) groups is 1. The molecule has 0 radical (unpaired) electrons. The van der Waals surface area contributed by atoms with E-state index in [4.69, 9.17) is 4.74 Å². The van der Waals surface area contributed by atoms with E-state index in [0.717, 1.165) is 22.0 Å². The van der Waals surface area contributed by atoms with Crippen LogP contribution in [0.15, 0.2) is 59.1 Å². The molecule has 6 heteroatoms.